The van der Waals surface area contributed by atoms with Crippen molar-refractivity contribution in [1.82, 2.24) is 14.5 Å². The zero-order valence-electron chi connectivity index (χ0n) is 15.6. The molecule has 1 aliphatic rings. The van der Waals surface area contributed by atoms with E-state index in [1.165, 1.54) is 11.3 Å². The van der Waals surface area contributed by atoms with Crippen molar-refractivity contribution in [3.05, 3.63) is 89.1 Å². The second-order valence-corrected chi connectivity index (χ2v) is 7.59. The zero-order valence-corrected chi connectivity index (χ0v) is 16.3. The standard InChI is InChI=1S/C23H21ClN4/c24-23-19-9-5-4-8-18(19)14-22(26-23)27-13-11-21-20(15-27)25-16-28(21)12-10-17-6-2-1-3-7-17/h1-9,14,16H,10-13,15H2. The number of hydrogen-bond acceptors (Lipinski definition) is 3. The van der Waals surface area contributed by atoms with E-state index in [0.29, 0.717) is 5.15 Å². The lowest BCUT2D eigenvalue weighted by Gasteiger charge is -2.28. The van der Waals surface area contributed by atoms with Crippen LogP contribution in [0.3, 0.4) is 0 Å². The number of fused-ring (bicyclic) bond motifs is 2. The lowest BCUT2D eigenvalue weighted by atomic mass is 10.1. The van der Waals surface area contributed by atoms with Gasteiger partial charge in [-0.1, -0.05) is 66.2 Å². The first-order valence-corrected chi connectivity index (χ1v) is 10.0. The fourth-order valence-electron chi connectivity index (χ4n) is 3.96. The van der Waals surface area contributed by atoms with Gasteiger partial charge in [0.15, 0.2) is 0 Å². The fourth-order valence-corrected chi connectivity index (χ4v) is 4.22. The van der Waals surface area contributed by atoms with Crippen molar-refractivity contribution >= 4 is 28.2 Å². The summed E-state index contributed by atoms with van der Waals surface area (Å²) in [6, 6.07) is 20.9. The molecule has 0 spiro atoms. The normalized spacial score (nSPS) is 13.7. The average Bonchev–Trinajstić information content (AvgIpc) is 3.15. The summed E-state index contributed by atoms with van der Waals surface area (Å²) in [5, 5.41) is 2.68. The minimum atomic E-state index is 0.562. The Morgan fingerprint density at radius 2 is 1.82 bits per heavy atom. The molecule has 2 aromatic heterocycles. The lowest BCUT2D eigenvalue weighted by molar-refractivity contribution is 0.622. The fraction of sp³-hybridized carbons (Fsp3) is 0.217. The maximum Gasteiger partial charge on any atom is 0.139 e. The first kappa shape index (κ1) is 17.3. The molecule has 0 amide bonds. The van der Waals surface area contributed by atoms with Crippen molar-refractivity contribution in [3.63, 3.8) is 0 Å². The third-order valence-corrected chi connectivity index (χ3v) is 5.77. The Bertz CT molecular complexity index is 1120. The van der Waals surface area contributed by atoms with E-state index in [1.807, 2.05) is 24.5 Å². The summed E-state index contributed by atoms with van der Waals surface area (Å²) in [4.78, 5) is 11.6. The van der Waals surface area contributed by atoms with Gasteiger partial charge in [-0.25, -0.2) is 9.97 Å². The molecule has 0 aliphatic carbocycles. The molecule has 2 aromatic carbocycles. The Morgan fingerprint density at radius 1 is 1.00 bits per heavy atom. The SMILES string of the molecule is Clc1nc(N2CCc3c(ncn3CCc3ccccc3)C2)cc2ccccc12. The molecule has 140 valence electrons. The van der Waals surface area contributed by atoms with Gasteiger partial charge in [-0.2, -0.15) is 0 Å². The molecular formula is C23H21ClN4. The minimum absolute atomic E-state index is 0.562. The Hall–Kier alpha value is -2.85. The summed E-state index contributed by atoms with van der Waals surface area (Å²) in [6.45, 7) is 2.66. The van der Waals surface area contributed by atoms with E-state index in [0.717, 1.165) is 54.8 Å². The van der Waals surface area contributed by atoms with Gasteiger partial charge in [-0.05, 0) is 23.4 Å². The molecule has 1 aliphatic heterocycles. The van der Waals surface area contributed by atoms with Gasteiger partial charge in [0.05, 0.1) is 18.6 Å². The van der Waals surface area contributed by atoms with Crippen molar-refractivity contribution in [3.8, 4) is 0 Å². The van der Waals surface area contributed by atoms with Crippen LogP contribution in [0, 0.1) is 0 Å². The van der Waals surface area contributed by atoms with Crippen LogP contribution in [-0.2, 0) is 25.9 Å². The number of halogens is 1. The molecule has 0 atom stereocenters. The first-order valence-electron chi connectivity index (χ1n) is 9.65. The topological polar surface area (TPSA) is 34.0 Å². The highest BCUT2D eigenvalue weighted by Gasteiger charge is 2.22. The van der Waals surface area contributed by atoms with Crippen LogP contribution in [0.4, 0.5) is 5.82 Å². The molecule has 0 fully saturated rings. The monoisotopic (exact) mass is 388 g/mol. The molecule has 28 heavy (non-hydrogen) atoms. The summed E-state index contributed by atoms with van der Waals surface area (Å²) >= 11 is 6.43. The van der Waals surface area contributed by atoms with E-state index in [-0.39, 0.29) is 0 Å². The second kappa shape index (κ2) is 7.28. The van der Waals surface area contributed by atoms with Crippen LogP contribution < -0.4 is 4.90 Å². The third kappa shape index (κ3) is 3.25. The van der Waals surface area contributed by atoms with Gasteiger partial charge in [0.2, 0.25) is 0 Å². The predicted octanol–water partition coefficient (Wildman–Crippen LogP) is 4.89. The molecular weight excluding hydrogens is 368 g/mol. The summed E-state index contributed by atoms with van der Waals surface area (Å²) in [5.74, 6) is 0.924. The lowest BCUT2D eigenvalue weighted by Crippen LogP contribution is -2.32. The van der Waals surface area contributed by atoms with E-state index in [1.54, 1.807) is 0 Å². The number of pyridine rings is 1. The van der Waals surface area contributed by atoms with Gasteiger partial charge in [-0.3, -0.25) is 0 Å². The highest BCUT2D eigenvalue weighted by atomic mass is 35.5. The van der Waals surface area contributed by atoms with Crippen molar-refractivity contribution in [2.45, 2.75) is 25.9 Å². The van der Waals surface area contributed by atoms with Gasteiger partial charge >= 0.3 is 0 Å². The van der Waals surface area contributed by atoms with Crippen LogP contribution in [0.25, 0.3) is 10.8 Å². The van der Waals surface area contributed by atoms with E-state index in [4.69, 9.17) is 16.6 Å². The summed E-state index contributed by atoms with van der Waals surface area (Å²) in [7, 11) is 0. The number of rotatable bonds is 4. The highest BCUT2D eigenvalue weighted by Crippen LogP contribution is 2.29. The maximum absolute atomic E-state index is 6.43. The highest BCUT2D eigenvalue weighted by molar-refractivity contribution is 6.34. The maximum atomic E-state index is 6.43. The molecule has 0 saturated carbocycles. The Balaban J connectivity index is 1.35. The third-order valence-electron chi connectivity index (χ3n) is 5.48. The van der Waals surface area contributed by atoms with Crippen LogP contribution >= 0.6 is 11.6 Å². The van der Waals surface area contributed by atoms with Crippen LogP contribution in [0.2, 0.25) is 5.15 Å². The zero-order chi connectivity index (χ0) is 18.9. The number of anilines is 1. The van der Waals surface area contributed by atoms with Crippen LogP contribution in [0.15, 0.2) is 67.0 Å². The number of aromatic nitrogens is 3. The average molecular weight is 389 g/mol. The van der Waals surface area contributed by atoms with Crippen molar-refractivity contribution in [2.75, 3.05) is 11.4 Å². The Labute approximate surface area is 169 Å². The smallest absolute Gasteiger partial charge is 0.139 e. The first-order chi connectivity index (χ1) is 13.8. The summed E-state index contributed by atoms with van der Waals surface area (Å²) in [5.41, 5.74) is 3.85. The minimum Gasteiger partial charge on any atom is -0.350 e. The summed E-state index contributed by atoms with van der Waals surface area (Å²) in [6.07, 6.45) is 3.98. The van der Waals surface area contributed by atoms with Crippen molar-refractivity contribution in [1.29, 1.82) is 0 Å². The van der Waals surface area contributed by atoms with Gasteiger partial charge in [0, 0.05) is 30.6 Å². The molecule has 0 unspecified atom stereocenters. The second-order valence-electron chi connectivity index (χ2n) is 7.23. The van der Waals surface area contributed by atoms with Gasteiger partial charge in [-0.15, -0.1) is 0 Å². The summed E-state index contributed by atoms with van der Waals surface area (Å²) < 4.78 is 2.31. The molecule has 0 N–H and O–H groups in total. The van der Waals surface area contributed by atoms with E-state index in [9.17, 15) is 0 Å². The molecule has 0 saturated heterocycles. The van der Waals surface area contributed by atoms with E-state index in [2.05, 4.69) is 56.9 Å². The number of benzene rings is 2. The van der Waals surface area contributed by atoms with Crippen LogP contribution in [0.5, 0.6) is 0 Å². The van der Waals surface area contributed by atoms with Gasteiger partial charge in [0.1, 0.15) is 11.0 Å². The van der Waals surface area contributed by atoms with E-state index < -0.39 is 0 Å². The van der Waals surface area contributed by atoms with Gasteiger partial charge in [0.25, 0.3) is 0 Å². The number of imidazole rings is 1. The quantitative estimate of drug-likeness (QED) is 0.467. The van der Waals surface area contributed by atoms with Crippen LogP contribution in [0.1, 0.15) is 17.0 Å². The molecule has 3 heterocycles. The van der Waals surface area contributed by atoms with Crippen LogP contribution in [-0.4, -0.2) is 21.1 Å². The molecule has 0 radical (unpaired) electrons. The van der Waals surface area contributed by atoms with Crippen molar-refractivity contribution < 1.29 is 0 Å². The Morgan fingerprint density at radius 3 is 2.71 bits per heavy atom. The van der Waals surface area contributed by atoms with E-state index >= 15 is 0 Å². The van der Waals surface area contributed by atoms with Crippen molar-refractivity contribution in [2.24, 2.45) is 0 Å². The molecule has 5 heteroatoms. The largest absolute Gasteiger partial charge is 0.350 e. The molecule has 5 rings (SSSR count). The number of nitrogens with zero attached hydrogens (tertiary/aromatic N) is 4. The molecule has 0 bridgehead atoms. The predicted molar refractivity (Wildman–Crippen MR) is 114 cm³/mol. The molecule has 4 aromatic rings. The number of hydrogen-bond donors (Lipinski definition) is 0. The Kier molecular flexibility index (Phi) is 4.49. The number of aryl methyl sites for hydroxylation is 2. The van der Waals surface area contributed by atoms with Gasteiger partial charge < -0.3 is 9.47 Å². The molecule has 4 nitrogen and oxygen atoms in total.